The largest absolute Gasteiger partial charge is 0.394 e. The molecule has 2 nitrogen and oxygen atoms in total. The van der Waals surface area contributed by atoms with Gasteiger partial charge in [-0.2, -0.15) is 0 Å². The maximum absolute atomic E-state index is 9.29. The zero-order chi connectivity index (χ0) is 9.19. The van der Waals surface area contributed by atoms with Crippen molar-refractivity contribution in [3.05, 3.63) is 22.4 Å². The minimum atomic E-state index is -0.228. The molecular formula is C9H15NOS. The van der Waals surface area contributed by atoms with Crippen LogP contribution in [0.3, 0.4) is 0 Å². The fraction of sp³-hybridized carbons (Fsp3) is 0.556. The number of hydrogen-bond donors (Lipinski definition) is 1. The van der Waals surface area contributed by atoms with Crippen LogP contribution >= 0.6 is 11.3 Å². The summed E-state index contributed by atoms with van der Waals surface area (Å²) in [6.07, 6.45) is 0. The number of rotatable bonds is 3. The third kappa shape index (κ3) is 1.53. The summed E-state index contributed by atoms with van der Waals surface area (Å²) >= 11 is 1.68. The van der Waals surface area contributed by atoms with E-state index in [1.54, 1.807) is 11.3 Å². The van der Waals surface area contributed by atoms with Crippen molar-refractivity contribution in [1.29, 1.82) is 0 Å². The van der Waals surface area contributed by atoms with Crippen molar-refractivity contribution in [2.45, 2.75) is 12.5 Å². The van der Waals surface area contributed by atoms with Gasteiger partial charge in [-0.25, -0.2) is 0 Å². The molecule has 0 aliphatic carbocycles. The molecule has 0 radical (unpaired) electrons. The van der Waals surface area contributed by atoms with Crippen LogP contribution in [0, 0.1) is 0 Å². The SMILES string of the molecule is CN(C)[C@](C)(CO)c1cccs1. The highest BCUT2D eigenvalue weighted by atomic mass is 32.1. The van der Waals surface area contributed by atoms with Gasteiger partial charge in [0.15, 0.2) is 0 Å². The van der Waals surface area contributed by atoms with Crippen LogP contribution in [0.15, 0.2) is 17.5 Å². The Morgan fingerprint density at radius 2 is 2.25 bits per heavy atom. The van der Waals surface area contributed by atoms with Gasteiger partial charge in [0.25, 0.3) is 0 Å². The van der Waals surface area contributed by atoms with Gasteiger partial charge in [0, 0.05) is 4.88 Å². The molecule has 1 heterocycles. The first-order chi connectivity index (χ1) is 5.61. The van der Waals surface area contributed by atoms with Crippen LogP contribution < -0.4 is 0 Å². The normalized spacial score (nSPS) is 16.4. The Morgan fingerprint density at radius 1 is 1.58 bits per heavy atom. The van der Waals surface area contributed by atoms with Crippen LogP contribution in [0.1, 0.15) is 11.8 Å². The molecule has 68 valence electrons. The summed E-state index contributed by atoms with van der Waals surface area (Å²) < 4.78 is 0. The number of aliphatic hydroxyl groups excluding tert-OH is 1. The Kier molecular flexibility index (Phi) is 2.88. The lowest BCUT2D eigenvalue weighted by molar-refractivity contribution is 0.0857. The quantitative estimate of drug-likeness (QED) is 0.771. The summed E-state index contributed by atoms with van der Waals surface area (Å²) in [5, 5.41) is 11.3. The third-order valence-electron chi connectivity index (χ3n) is 2.35. The molecule has 1 N–H and O–H groups in total. The summed E-state index contributed by atoms with van der Waals surface area (Å²) in [6.45, 7) is 2.19. The molecule has 0 unspecified atom stereocenters. The minimum Gasteiger partial charge on any atom is -0.394 e. The van der Waals surface area contributed by atoms with Crippen LogP contribution in [-0.4, -0.2) is 30.7 Å². The molecule has 0 aromatic carbocycles. The van der Waals surface area contributed by atoms with Crippen LogP contribution in [0.5, 0.6) is 0 Å². The van der Waals surface area contributed by atoms with Crippen LogP contribution in [0.4, 0.5) is 0 Å². The van der Waals surface area contributed by atoms with E-state index < -0.39 is 0 Å². The topological polar surface area (TPSA) is 23.5 Å². The van der Waals surface area contributed by atoms with Gasteiger partial charge in [0.1, 0.15) is 0 Å². The first-order valence-electron chi connectivity index (χ1n) is 3.93. The van der Waals surface area contributed by atoms with Gasteiger partial charge in [-0.3, -0.25) is 4.90 Å². The second-order valence-corrected chi connectivity index (χ2v) is 4.25. The predicted octanol–water partition coefficient (Wildman–Crippen LogP) is 1.52. The highest BCUT2D eigenvalue weighted by Gasteiger charge is 2.28. The molecule has 0 aliphatic rings. The molecule has 0 saturated heterocycles. The Labute approximate surface area is 77.5 Å². The second-order valence-electron chi connectivity index (χ2n) is 3.30. The fourth-order valence-corrected chi connectivity index (χ4v) is 1.99. The summed E-state index contributed by atoms with van der Waals surface area (Å²) in [7, 11) is 3.96. The van der Waals surface area contributed by atoms with Crippen molar-refractivity contribution in [2.75, 3.05) is 20.7 Å². The average Bonchev–Trinajstić information content (AvgIpc) is 2.54. The Bertz CT molecular complexity index is 233. The van der Waals surface area contributed by atoms with Crippen LogP contribution in [0.25, 0.3) is 0 Å². The van der Waals surface area contributed by atoms with Crippen molar-refractivity contribution in [1.82, 2.24) is 4.90 Å². The van der Waals surface area contributed by atoms with E-state index in [-0.39, 0.29) is 12.1 Å². The number of thiophene rings is 1. The number of aliphatic hydroxyl groups is 1. The van der Waals surface area contributed by atoms with E-state index in [0.29, 0.717) is 0 Å². The standard InChI is InChI=1S/C9H15NOS/c1-9(7-11,10(2)3)8-5-4-6-12-8/h4-6,11H,7H2,1-3H3/t9-/m1/s1. The molecule has 0 spiro atoms. The van der Waals surface area contributed by atoms with E-state index in [4.69, 9.17) is 0 Å². The summed E-state index contributed by atoms with van der Waals surface area (Å²) in [6, 6.07) is 4.07. The first-order valence-corrected chi connectivity index (χ1v) is 4.81. The van der Waals surface area contributed by atoms with Gasteiger partial charge >= 0.3 is 0 Å². The molecule has 1 atom stereocenters. The van der Waals surface area contributed by atoms with Gasteiger partial charge in [-0.05, 0) is 32.5 Å². The van der Waals surface area contributed by atoms with E-state index >= 15 is 0 Å². The van der Waals surface area contributed by atoms with E-state index in [1.807, 2.05) is 37.4 Å². The molecule has 1 rings (SSSR count). The summed E-state index contributed by atoms with van der Waals surface area (Å²) in [5.74, 6) is 0. The zero-order valence-electron chi connectivity index (χ0n) is 7.74. The third-order valence-corrected chi connectivity index (χ3v) is 3.47. The minimum absolute atomic E-state index is 0.153. The molecule has 1 aromatic rings. The summed E-state index contributed by atoms with van der Waals surface area (Å²) in [4.78, 5) is 3.24. The highest BCUT2D eigenvalue weighted by molar-refractivity contribution is 7.10. The van der Waals surface area contributed by atoms with Gasteiger partial charge < -0.3 is 5.11 Å². The zero-order valence-corrected chi connectivity index (χ0v) is 8.56. The average molecular weight is 185 g/mol. The number of likely N-dealkylation sites (N-methyl/N-ethyl adjacent to an activating group) is 1. The van der Waals surface area contributed by atoms with Gasteiger partial charge in [0.2, 0.25) is 0 Å². The monoisotopic (exact) mass is 185 g/mol. The fourth-order valence-electron chi connectivity index (χ4n) is 1.02. The van der Waals surface area contributed by atoms with Crippen molar-refractivity contribution in [3.8, 4) is 0 Å². The van der Waals surface area contributed by atoms with Gasteiger partial charge in [0.05, 0.1) is 12.1 Å². The smallest absolute Gasteiger partial charge is 0.0754 e. The maximum atomic E-state index is 9.29. The van der Waals surface area contributed by atoms with E-state index in [1.165, 1.54) is 4.88 Å². The molecule has 0 saturated carbocycles. The molecule has 0 amide bonds. The molecular weight excluding hydrogens is 170 g/mol. The van der Waals surface area contributed by atoms with Gasteiger partial charge in [-0.15, -0.1) is 11.3 Å². The molecule has 0 fully saturated rings. The highest BCUT2D eigenvalue weighted by Crippen LogP contribution is 2.28. The lowest BCUT2D eigenvalue weighted by Gasteiger charge is -2.33. The van der Waals surface area contributed by atoms with Crippen molar-refractivity contribution in [2.24, 2.45) is 0 Å². The van der Waals surface area contributed by atoms with E-state index in [2.05, 4.69) is 6.07 Å². The number of hydrogen-bond acceptors (Lipinski definition) is 3. The first kappa shape index (κ1) is 9.71. The van der Waals surface area contributed by atoms with Crippen molar-refractivity contribution < 1.29 is 5.11 Å². The number of nitrogens with zero attached hydrogens (tertiary/aromatic N) is 1. The van der Waals surface area contributed by atoms with Crippen molar-refractivity contribution >= 4 is 11.3 Å². The predicted molar refractivity (Wildman–Crippen MR) is 52.4 cm³/mol. The lowest BCUT2D eigenvalue weighted by atomic mass is 10.0. The van der Waals surface area contributed by atoms with Crippen LogP contribution in [-0.2, 0) is 5.54 Å². The molecule has 12 heavy (non-hydrogen) atoms. The lowest BCUT2D eigenvalue weighted by Crippen LogP contribution is -2.41. The Morgan fingerprint density at radius 3 is 2.58 bits per heavy atom. The second kappa shape index (κ2) is 3.56. The van der Waals surface area contributed by atoms with Crippen LogP contribution in [0.2, 0.25) is 0 Å². The molecule has 3 heteroatoms. The Hall–Kier alpha value is -0.380. The maximum Gasteiger partial charge on any atom is 0.0754 e. The Balaban J connectivity index is 2.96. The van der Waals surface area contributed by atoms with Crippen molar-refractivity contribution in [3.63, 3.8) is 0 Å². The van der Waals surface area contributed by atoms with E-state index in [0.717, 1.165) is 0 Å². The molecule has 0 aliphatic heterocycles. The molecule has 1 aromatic heterocycles. The molecule has 0 bridgehead atoms. The summed E-state index contributed by atoms with van der Waals surface area (Å²) in [5.41, 5.74) is -0.228. The van der Waals surface area contributed by atoms with E-state index in [9.17, 15) is 5.11 Å². The van der Waals surface area contributed by atoms with Gasteiger partial charge in [-0.1, -0.05) is 6.07 Å².